The minimum atomic E-state index is -0.535. The Morgan fingerprint density at radius 1 is 1.13 bits per heavy atom. The largest absolute Gasteiger partial charge is 0.485 e. The van der Waals surface area contributed by atoms with E-state index in [1.165, 1.54) is 12.3 Å². The zero-order valence-electron chi connectivity index (χ0n) is 11.8. The molecule has 2 aromatic heterocycles. The predicted octanol–water partition coefficient (Wildman–Crippen LogP) is 2.43. The number of carbonyl (C=O) groups excluding carboxylic acids is 1. The average Bonchev–Trinajstić information content (AvgIpc) is 3.26. The van der Waals surface area contributed by atoms with Gasteiger partial charge < -0.3 is 18.3 Å². The lowest BCUT2D eigenvalue weighted by Crippen LogP contribution is -2.21. The molecule has 116 valence electrons. The normalized spacial score (nSPS) is 16.1. The summed E-state index contributed by atoms with van der Waals surface area (Å²) < 4.78 is 21.7. The van der Waals surface area contributed by atoms with Crippen LogP contribution in [0.15, 0.2) is 51.5 Å². The Kier molecular flexibility index (Phi) is 3.19. The zero-order chi connectivity index (χ0) is 15.6. The number of rotatable bonds is 3. The molecule has 3 heterocycles. The van der Waals surface area contributed by atoms with Gasteiger partial charge in [0.2, 0.25) is 6.10 Å². The molecule has 4 rings (SSSR count). The van der Waals surface area contributed by atoms with Crippen LogP contribution < -0.4 is 14.8 Å². The number of amides is 1. The second kappa shape index (κ2) is 5.48. The number of hydrogen-bond donors (Lipinski definition) is 1. The molecule has 0 saturated heterocycles. The number of ether oxygens (including phenoxy) is 2. The molecule has 1 aliphatic rings. The smallest absolute Gasteiger partial charge is 0.322 e. The van der Waals surface area contributed by atoms with Crippen molar-refractivity contribution in [3.05, 3.63) is 54.3 Å². The van der Waals surface area contributed by atoms with Crippen LogP contribution in [0.5, 0.6) is 11.5 Å². The topological polar surface area (TPSA) is 99.6 Å². The van der Waals surface area contributed by atoms with Gasteiger partial charge in [-0.05, 0) is 24.3 Å². The highest BCUT2D eigenvalue weighted by atomic mass is 16.6. The Morgan fingerprint density at radius 3 is 2.83 bits per heavy atom. The molecule has 8 heteroatoms. The van der Waals surface area contributed by atoms with Crippen LogP contribution in [-0.4, -0.2) is 22.7 Å². The van der Waals surface area contributed by atoms with Gasteiger partial charge in [-0.25, -0.2) is 0 Å². The minimum absolute atomic E-state index is 0.0381. The van der Waals surface area contributed by atoms with Gasteiger partial charge in [-0.2, -0.15) is 0 Å². The molecule has 0 bridgehead atoms. The number of hydrogen-bond acceptors (Lipinski definition) is 7. The number of aromatic nitrogens is 2. The molecule has 1 aliphatic heterocycles. The van der Waals surface area contributed by atoms with Crippen molar-refractivity contribution in [2.75, 3.05) is 11.9 Å². The van der Waals surface area contributed by atoms with Gasteiger partial charge in [-0.1, -0.05) is 17.2 Å². The van der Waals surface area contributed by atoms with Crippen molar-refractivity contribution in [3.8, 4) is 11.5 Å². The van der Waals surface area contributed by atoms with E-state index in [0.29, 0.717) is 11.5 Å². The van der Waals surface area contributed by atoms with Gasteiger partial charge in [-0.15, -0.1) is 5.10 Å². The Labute approximate surface area is 130 Å². The van der Waals surface area contributed by atoms with Crippen molar-refractivity contribution >= 4 is 11.9 Å². The summed E-state index contributed by atoms with van der Waals surface area (Å²) in [4.78, 5) is 11.8. The van der Waals surface area contributed by atoms with Crippen molar-refractivity contribution < 1.29 is 23.1 Å². The second-order valence-electron chi connectivity index (χ2n) is 4.74. The zero-order valence-corrected chi connectivity index (χ0v) is 11.8. The Morgan fingerprint density at radius 2 is 2.00 bits per heavy atom. The fourth-order valence-corrected chi connectivity index (χ4v) is 2.12. The molecular weight excluding hydrogens is 302 g/mol. The molecule has 3 aromatic rings. The van der Waals surface area contributed by atoms with Gasteiger partial charge in [0, 0.05) is 0 Å². The molecule has 0 spiro atoms. The van der Waals surface area contributed by atoms with Crippen LogP contribution in [0.2, 0.25) is 0 Å². The molecule has 0 aliphatic carbocycles. The van der Waals surface area contributed by atoms with Crippen molar-refractivity contribution in [1.82, 2.24) is 10.2 Å². The molecule has 1 atom stereocenters. The lowest BCUT2D eigenvalue weighted by Gasteiger charge is -2.23. The Bertz CT molecular complexity index is 827. The van der Waals surface area contributed by atoms with E-state index < -0.39 is 12.0 Å². The molecule has 0 saturated carbocycles. The number of carbonyl (C=O) groups is 1. The van der Waals surface area contributed by atoms with Gasteiger partial charge in [0.15, 0.2) is 17.3 Å². The summed E-state index contributed by atoms with van der Waals surface area (Å²) in [6.07, 6.45) is 0.866. The first-order chi connectivity index (χ1) is 11.3. The molecule has 8 nitrogen and oxygen atoms in total. The van der Waals surface area contributed by atoms with E-state index >= 15 is 0 Å². The van der Waals surface area contributed by atoms with E-state index in [-0.39, 0.29) is 24.3 Å². The molecule has 1 N–H and O–H groups in total. The number of nitrogens with zero attached hydrogens (tertiary/aromatic N) is 2. The number of furan rings is 1. The third-order valence-corrected chi connectivity index (χ3v) is 3.19. The summed E-state index contributed by atoms with van der Waals surface area (Å²) in [5.41, 5.74) is 0. The van der Waals surface area contributed by atoms with E-state index in [0.717, 1.165) is 0 Å². The van der Waals surface area contributed by atoms with E-state index in [9.17, 15) is 4.79 Å². The third kappa shape index (κ3) is 2.61. The van der Waals surface area contributed by atoms with Crippen LogP contribution in [0.3, 0.4) is 0 Å². The van der Waals surface area contributed by atoms with Crippen LogP contribution in [-0.2, 0) is 0 Å². The predicted molar refractivity (Wildman–Crippen MR) is 76.3 cm³/mol. The van der Waals surface area contributed by atoms with Crippen LogP contribution in [0.4, 0.5) is 6.01 Å². The van der Waals surface area contributed by atoms with Crippen LogP contribution >= 0.6 is 0 Å². The summed E-state index contributed by atoms with van der Waals surface area (Å²) in [6.45, 7) is 0.241. The highest BCUT2D eigenvalue weighted by Gasteiger charge is 2.27. The Hall–Kier alpha value is -3.29. The molecule has 1 aromatic carbocycles. The lowest BCUT2D eigenvalue weighted by atomic mass is 10.2. The van der Waals surface area contributed by atoms with Gasteiger partial charge >= 0.3 is 6.01 Å². The first-order valence-electron chi connectivity index (χ1n) is 6.86. The van der Waals surface area contributed by atoms with E-state index in [1.54, 1.807) is 12.1 Å². The number of nitrogens with one attached hydrogen (secondary N) is 1. The molecule has 1 amide bonds. The molecule has 23 heavy (non-hydrogen) atoms. The standard InChI is InChI=1S/C15H11N3O5/c19-13(11-6-3-7-20-11)16-15-18-17-14(23-15)12-8-21-9-4-1-2-5-10(9)22-12/h1-7,12H,8H2,(H,16,18,19). The number of anilines is 1. The summed E-state index contributed by atoms with van der Waals surface area (Å²) in [7, 11) is 0. The van der Waals surface area contributed by atoms with Gasteiger partial charge in [0.25, 0.3) is 11.8 Å². The summed E-state index contributed by atoms with van der Waals surface area (Å²) in [6, 6.07) is 10.4. The SMILES string of the molecule is O=C(Nc1nnc(C2COc3ccccc3O2)o1)c1ccco1. The highest BCUT2D eigenvalue weighted by molar-refractivity contribution is 6.00. The highest BCUT2D eigenvalue weighted by Crippen LogP contribution is 2.35. The van der Waals surface area contributed by atoms with E-state index in [2.05, 4.69) is 15.5 Å². The van der Waals surface area contributed by atoms with Crippen LogP contribution in [0.1, 0.15) is 22.5 Å². The number of para-hydroxylation sites is 2. The van der Waals surface area contributed by atoms with Crippen molar-refractivity contribution in [1.29, 1.82) is 0 Å². The Balaban J connectivity index is 1.47. The molecular formula is C15H11N3O5. The van der Waals surface area contributed by atoms with Gasteiger partial charge in [0.1, 0.15) is 6.61 Å². The van der Waals surface area contributed by atoms with Crippen LogP contribution in [0, 0.1) is 0 Å². The van der Waals surface area contributed by atoms with E-state index in [4.69, 9.17) is 18.3 Å². The number of benzene rings is 1. The quantitative estimate of drug-likeness (QED) is 0.792. The maximum atomic E-state index is 11.8. The fraction of sp³-hybridized carbons (Fsp3) is 0.133. The third-order valence-electron chi connectivity index (χ3n) is 3.19. The van der Waals surface area contributed by atoms with Crippen LogP contribution in [0.25, 0.3) is 0 Å². The van der Waals surface area contributed by atoms with Gasteiger partial charge in [0.05, 0.1) is 6.26 Å². The molecule has 0 radical (unpaired) electrons. The van der Waals surface area contributed by atoms with E-state index in [1.807, 2.05) is 18.2 Å². The van der Waals surface area contributed by atoms with Crippen molar-refractivity contribution in [3.63, 3.8) is 0 Å². The number of fused-ring (bicyclic) bond motifs is 1. The second-order valence-corrected chi connectivity index (χ2v) is 4.74. The van der Waals surface area contributed by atoms with Crippen molar-refractivity contribution in [2.24, 2.45) is 0 Å². The average molecular weight is 313 g/mol. The summed E-state index contributed by atoms with van der Waals surface area (Å²) in [5, 5.41) is 10.1. The van der Waals surface area contributed by atoms with Gasteiger partial charge in [-0.3, -0.25) is 10.1 Å². The summed E-state index contributed by atoms with van der Waals surface area (Å²) in [5.74, 6) is 1.15. The molecule has 0 fully saturated rings. The fourth-order valence-electron chi connectivity index (χ4n) is 2.12. The first-order valence-corrected chi connectivity index (χ1v) is 6.86. The monoisotopic (exact) mass is 313 g/mol. The van der Waals surface area contributed by atoms with Crippen molar-refractivity contribution in [2.45, 2.75) is 6.10 Å². The molecule has 1 unspecified atom stereocenters. The minimum Gasteiger partial charge on any atom is -0.485 e. The maximum Gasteiger partial charge on any atom is 0.322 e. The lowest BCUT2D eigenvalue weighted by molar-refractivity contribution is 0.0716. The first kappa shape index (κ1) is 13.4. The summed E-state index contributed by atoms with van der Waals surface area (Å²) >= 11 is 0. The maximum absolute atomic E-state index is 11.8.